The van der Waals surface area contributed by atoms with Crippen molar-refractivity contribution < 1.29 is 9.53 Å². The first-order chi connectivity index (χ1) is 8.08. The summed E-state index contributed by atoms with van der Waals surface area (Å²) in [6, 6.07) is 3.09. The first kappa shape index (κ1) is 14.4. The van der Waals surface area contributed by atoms with Crippen molar-refractivity contribution in [3.63, 3.8) is 0 Å². The number of ether oxygens (including phenoxy) is 1. The predicted octanol–water partition coefficient (Wildman–Crippen LogP) is 4.58. The summed E-state index contributed by atoms with van der Waals surface area (Å²) in [6.07, 6.45) is 1.51. The highest BCUT2D eigenvalue weighted by Gasteiger charge is 2.09. The Balaban J connectivity index is 2.79. The molecule has 92 valence electrons. The monoisotopic (exact) mass is 292 g/mol. The first-order valence-corrected chi connectivity index (χ1v) is 6.22. The van der Waals surface area contributed by atoms with Crippen LogP contribution in [-0.2, 0) is 4.79 Å². The SMILES string of the molecule is CCCC(=C=O)COc1cc(Cl)cc(Cl)c1Cl. The van der Waals surface area contributed by atoms with E-state index in [4.69, 9.17) is 39.5 Å². The summed E-state index contributed by atoms with van der Waals surface area (Å²) in [5, 5.41) is 1.04. The molecule has 0 bridgehead atoms. The Morgan fingerprint density at radius 2 is 2.06 bits per heavy atom. The molecule has 0 N–H and O–H groups in total. The van der Waals surface area contributed by atoms with Crippen LogP contribution in [0.4, 0.5) is 0 Å². The van der Waals surface area contributed by atoms with Gasteiger partial charge < -0.3 is 4.74 Å². The molecule has 17 heavy (non-hydrogen) atoms. The Morgan fingerprint density at radius 1 is 1.35 bits per heavy atom. The summed E-state index contributed by atoms with van der Waals surface area (Å²) < 4.78 is 5.40. The summed E-state index contributed by atoms with van der Waals surface area (Å²) in [5.41, 5.74) is 0.555. The fourth-order valence-electron chi connectivity index (χ4n) is 1.26. The highest BCUT2D eigenvalue weighted by atomic mass is 35.5. The fourth-order valence-corrected chi connectivity index (χ4v) is 1.90. The van der Waals surface area contributed by atoms with E-state index in [0.29, 0.717) is 27.8 Å². The minimum absolute atomic E-state index is 0.147. The van der Waals surface area contributed by atoms with E-state index in [1.807, 2.05) is 12.9 Å². The summed E-state index contributed by atoms with van der Waals surface area (Å²) >= 11 is 17.6. The second-order valence-electron chi connectivity index (χ2n) is 3.44. The largest absolute Gasteiger partial charge is 0.487 e. The van der Waals surface area contributed by atoms with E-state index in [-0.39, 0.29) is 11.6 Å². The zero-order chi connectivity index (χ0) is 12.8. The average Bonchev–Trinajstić information content (AvgIpc) is 2.30. The summed E-state index contributed by atoms with van der Waals surface area (Å²) in [7, 11) is 0. The Kier molecular flexibility index (Phi) is 5.87. The molecular weight excluding hydrogens is 282 g/mol. The fraction of sp³-hybridized carbons (Fsp3) is 0.333. The van der Waals surface area contributed by atoms with Crippen LogP contribution in [0.1, 0.15) is 19.8 Å². The van der Waals surface area contributed by atoms with Crippen LogP contribution in [0.15, 0.2) is 17.7 Å². The third-order valence-corrected chi connectivity index (χ3v) is 3.06. The van der Waals surface area contributed by atoms with Gasteiger partial charge >= 0.3 is 0 Å². The van der Waals surface area contributed by atoms with Crippen LogP contribution in [0.25, 0.3) is 0 Å². The minimum Gasteiger partial charge on any atom is -0.487 e. The van der Waals surface area contributed by atoms with Crippen molar-refractivity contribution in [2.75, 3.05) is 6.61 Å². The molecule has 1 aromatic carbocycles. The Hall–Kier alpha value is -0.660. The van der Waals surface area contributed by atoms with Crippen LogP contribution in [-0.4, -0.2) is 12.5 Å². The van der Waals surface area contributed by atoms with Gasteiger partial charge in [-0.15, -0.1) is 0 Å². The second kappa shape index (κ2) is 6.93. The predicted molar refractivity (Wildman–Crippen MR) is 71.1 cm³/mol. The van der Waals surface area contributed by atoms with E-state index in [1.54, 1.807) is 6.07 Å². The van der Waals surface area contributed by atoms with Crippen LogP contribution >= 0.6 is 34.8 Å². The standard InChI is InChI=1S/C12H11Cl3O2/c1-2-3-8(6-16)7-17-11-5-9(13)4-10(14)12(11)15/h4-5H,2-3,7H2,1H3. The molecule has 0 saturated carbocycles. The van der Waals surface area contributed by atoms with E-state index in [2.05, 4.69) is 0 Å². The number of carbonyl (C=O) groups excluding carboxylic acids is 1. The van der Waals surface area contributed by atoms with Gasteiger partial charge in [-0.1, -0.05) is 48.1 Å². The summed E-state index contributed by atoms with van der Waals surface area (Å²) in [4.78, 5) is 10.6. The molecule has 0 aliphatic rings. The molecule has 0 aromatic heterocycles. The third kappa shape index (κ3) is 4.25. The van der Waals surface area contributed by atoms with E-state index >= 15 is 0 Å². The highest BCUT2D eigenvalue weighted by Crippen LogP contribution is 2.35. The van der Waals surface area contributed by atoms with Crippen molar-refractivity contribution in [2.24, 2.45) is 0 Å². The van der Waals surface area contributed by atoms with Crippen LogP contribution in [0, 0.1) is 0 Å². The Morgan fingerprint density at radius 3 is 2.65 bits per heavy atom. The molecule has 0 heterocycles. The Bertz CT molecular complexity index is 451. The number of benzene rings is 1. The van der Waals surface area contributed by atoms with Gasteiger partial charge in [-0.25, -0.2) is 4.79 Å². The normalized spacial score (nSPS) is 9.88. The van der Waals surface area contributed by atoms with E-state index in [9.17, 15) is 4.79 Å². The first-order valence-electron chi connectivity index (χ1n) is 5.08. The van der Waals surface area contributed by atoms with Crippen molar-refractivity contribution in [3.05, 3.63) is 32.8 Å². The number of rotatable bonds is 5. The molecule has 2 nitrogen and oxygen atoms in total. The molecule has 1 rings (SSSR count). The molecule has 0 radical (unpaired) electrons. The van der Waals surface area contributed by atoms with Gasteiger partial charge in [0.2, 0.25) is 0 Å². The second-order valence-corrected chi connectivity index (χ2v) is 4.67. The van der Waals surface area contributed by atoms with Gasteiger partial charge in [0.05, 0.1) is 10.6 Å². The van der Waals surface area contributed by atoms with Gasteiger partial charge in [-0.05, 0) is 12.5 Å². The van der Waals surface area contributed by atoms with Gasteiger partial charge in [0.15, 0.2) is 0 Å². The summed E-state index contributed by atoms with van der Waals surface area (Å²) in [6.45, 7) is 2.12. The third-order valence-electron chi connectivity index (χ3n) is 2.06. The molecule has 0 atom stereocenters. The van der Waals surface area contributed by atoms with Crippen LogP contribution in [0.2, 0.25) is 15.1 Å². The van der Waals surface area contributed by atoms with Gasteiger partial charge in [-0.3, -0.25) is 0 Å². The number of hydrogen-bond donors (Lipinski definition) is 0. The maximum atomic E-state index is 10.6. The zero-order valence-electron chi connectivity index (χ0n) is 9.23. The molecule has 0 saturated heterocycles. The molecule has 0 amide bonds. The number of hydrogen-bond acceptors (Lipinski definition) is 2. The topological polar surface area (TPSA) is 26.3 Å². The maximum absolute atomic E-state index is 10.6. The molecule has 0 fully saturated rings. The van der Waals surface area contributed by atoms with Gasteiger partial charge in [-0.2, -0.15) is 0 Å². The van der Waals surface area contributed by atoms with E-state index in [1.165, 1.54) is 6.07 Å². The van der Waals surface area contributed by atoms with Gasteiger partial charge in [0, 0.05) is 11.1 Å². The smallest absolute Gasteiger partial charge is 0.141 e. The maximum Gasteiger partial charge on any atom is 0.141 e. The van der Waals surface area contributed by atoms with E-state index in [0.717, 1.165) is 6.42 Å². The van der Waals surface area contributed by atoms with Crippen molar-refractivity contribution in [2.45, 2.75) is 19.8 Å². The molecular formula is C12H11Cl3O2. The van der Waals surface area contributed by atoms with Gasteiger partial charge in [0.25, 0.3) is 0 Å². The zero-order valence-corrected chi connectivity index (χ0v) is 11.5. The minimum atomic E-state index is 0.147. The van der Waals surface area contributed by atoms with Crippen LogP contribution in [0.3, 0.4) is 0 Å². The lowest BCUT2D eigenvalue weighted by atomic mass is 10.2. The lowest BCUT2D eigenvalue weighted by molar-refractivity contribution is 0.348. The van der Waals surface area contributed by atoms with E-state index < -0.39 is 0 Å². The van der Waals surface area contributed by atoms with Crippen LogP contribution < -0.4 is 4.74 Å². The quantitative estimate of drug-likeness (QED) is 0.586. The molecule has 0 aliphatic carbocycles. The van der Waals surface area contributed by atoms with Crippen molar-refractivity contribution in [1.29, 1.82) is 0 Å². The van der Waals surface area contributed by atoms with Gasteiger partial charge in [0.1, 0.15) is 23.3 Å². The van der Waals surface area contributed by atoms with Crippen molar-refractivity contribution in [1.82, 2.24) is 0 Å². The Labute approximate surface area is 115 Å². The lowest BCUT2D eigenvalue weighted by Crippen LogP contribution is -2.02. The van der Waals surface area contributed by atoms with Crippen LogP contribution in [0.5, 0.6) is 5.75 Å². The molecule has 0 aliphatic heterocycles. The molecule has 1 aromatic rings. The summed E-state index contributed by atoms with van der Waals surface area (Å²) in [5.74, 6) is 2.22. The lowest BCUT2D eigenvalue weighted by Gasteiger charge is -2.09. The average molecular weight is 294 g/mol. The molecule has 0 spiro atoms. The highest BCUT2D eigenvalue weighted by molar-refractivity contribution is 6.44. The number of halogens is 3. The van der Waals surface area contributed by atoms with Crippen molar-refractivity contribution >= 4 is 40.7 Å². The van der Waals surface area contributed by atoms with Crippen molar-refractivity contribution in [3.8, 4) is 5.75 Å². The molecule has 5 heteroatoms. The molecule has 0 unspecified atom stereocenters.